The number of rotatable bonds is 10. The van der Waals surface area contributed by atoms with Crippen LogP contribution in [0.15, 0.2) is 87.9 Å². The van der Waals surface area contributed by atoms with Crippen molar-refractivity contribution < 1.29 is 14.0 Å². The van der Waals surface area contributed by atoms with E-state index in [0.29, 0.717) is 39.0 Å². The van der Waals surface area contributed by atoms with E-state index in [-0.39, 0.29) is 36.2 Å². The van der Waals surface area contributed by atoms with Crippen LogP contribution in [0.1, 0.15) is 21.7 Å². The molecule has 0 saturated carbocycles. The molecule has 0 aliphatic carbocycles. The number of halogens is 1. The Kier molecular flexibility index (Phi) is 8.24. The van der Waals surface area contributed by atoms with Crippen LogP contribution in [-0.2, 0) is 24.4 Å². The topological polar surface area (TPSA) is 106 Å². The van der Waals surface area contributed by atoms with E-state index in [0.717, 1.165) is 17.3 Å². The Hall–Kier alpha value is -3.82. The third kappa shape index (κ3) is 6.05. The lowest BCUT2D eigenvalue weighted by atomic mass is 10.1. The second-order valence-corrected chi connectivity index (χ2v) is 9.10. The minimum Gasteiger partial charge on any atom is -0.467 e. The predicted octanol–water partition coefficient (Wildman–Crippen LogP) is 4.17. The number of carbonyl (C=O) groups is 2. The Morgan fingerprint density at radius 1 is 1.11 bits per heavy atom. The fourth-order valence-electron chi connectivity index (χ4n) is 3.44. The monoisotopic (exact) mass is 522 g/mol. The maximum atomic E-state index is 13.1. The highest BCUT2D eigenvalue weighted by molar-refractivity contribution is 7.99. The van der Waals surface area contributed by atoms with Gasteiger partial charge in [-0.15, -0.1) is 6.58 Å². The normalized spacial score (nSPS) is 10.8. The molecule has 2 amide bonds. The first kappa shape index (κ1) is 25.3. The van der Waals surface area contributed by atoms with Crippen LogP contribution in [0.25, 0.3) is 10.9 Å². The first-order valence-electron chi connectivity index (χ1n) is 11.0. The summed E-state index contributed by atoms with van der Waals surface area (Å²) in [7, 11) is 0. The highest BCUT2D eigenvalue weighted by Gasteiger charge is 2.15. The van der Waals surface area contributed by atoms with Crippen molar-refractivity contribution in [3.63, 3.8) is 0 Å². The van der Waals surface area contributed by atoms with E-state index in [1.54, 1.807) is 42.5 Å². The van der Waals surface area contributed by atoms with Gasteiger partial charge in [0.25, 0.3) is 11.5 Å². The van der Waals surface area contributed by atoms with Gasteiger partial charge in [-0.2, -0.15) is 0 Å². The number of allylic oxidation sites excluding steroid dienone is 1. The van der Waals surface area contributed by atoms with Crippen LogP contribution in [0.3, 0.4) is 0 Å². The van der Waals surface area contributed by atoms with E-state index in [1.165, 1.54) is 10.8 Å². The maximum absolute atomic E-state index is 13.1. The fraction of sp³-hybridized carbons (Fsp3) is 0.154. The third-order valence-electron chi connectivity index (χ3n) is 5.26. The lowest BCUT2D eigenvalue weighted by molar-refractivity contribution is -0.118. The number of furan rings is 1. The third-order valence-corrected chi connectivity index (χ3v) is 6.61. The van der Waals surface area contributed by atoms with Crippen LogP contribution in [-0.4, -0.2) is 27.1 Å². The molecule has 0 spiro atoms. The number of benzene rings is 2. The molecule has 0 aliphatic heterocycles. The molecule has 0 aliphatic rings. The summed E-state index contributed by atoms with van der Waals surface area (Å²) in [6, 6.07) is 15.5. The van der Waals surface area contributed by atoms with E-state index in [4.69, 9.17) is 16.0 Å². The van der Waals surface area contributed by atoms with Gasteiger partial charge in [-0.05, 0) is 42.0 Å². The Labute approximate surface area is 216 Å². The molecule has 8 nitrogen and oxygen atoms in total. The van der Waals surface area contributed by atoms with Gasteiger partial charge in [0.05, 0.1) is 29.5 Å². The van der Waals surface area contributed by atoms with Crippen LogP contribution >= 0.6 is 23.4 Å². The quantitative estimate of drug-likeness (QED) is 0.184. The average Bonchev–Trinajstić information content (AvgIpc) is 3.41. The SMILES string of the molecule is C=CCn1c(SCC(=O)NCc2ccccc2Cl)nc2cc(C(=O)NCc3ccco3)ccc2c1=O. The molecular weight excluding hydrogens is 500 g/mol. The van der Waals surface area contributed by atoms with Gasteiger partial charge < -0.3 is 15.1 Å². The number of thioether (sulfide) groups is 1. The van der Waals surface area contributed by atoms with Crippen molar-refractivity contribution in [2.24, 2.45) is 0 Å². The number of carbonyl (C=O) groups excluding carboxylic acids is 2. The predicted molar refractivity (Wildman–Crippen MR) is 140 cm³/mol. The summed E-state index contributed by atoms with van der Waals surface area (Å²) in [4.78, 5) is 42.8. The first-order valence-corrected chi connectivity index (χ1v) is 12.4. The largest absolute Gasteiger partial charge is 0.467 e. The van der Waals surface area contributed by atoms with Crippen molar-refractivity contribution >= 4 is 46.1 Å². The molecule has 10 heteroatoms. The number of aromatic nitrogens is 2. The Morgan fingerprint density at radius 3 is 2.69 bits per heavy atom. The van der Waals surface area contributed by atoms with Gasteiger partial charge in [0.15, 0.2) is 5.16 Å². The van der Waals surface area contributed by atoms with Crippen molar-refractivity contribution in [1.29, 1.82) is 0 Å². The summed E-state index contributed by atoms with van der Waals surface area (Å²) in [5.41, 5.74) is 1.25. The van der Waals surface area contributed by atoms with Crippen LogP contribution in [0, 0.1) is 0 Å². The summed E-state index contributed by atoms with van der Waals surface area (Å²) in [6.45, 7) is 4.48. The number of nitrogens with one attached hydrogen (secondary N) is 2. The van der Waals surface area contributed by atoms with Gasteiger partial charge in [-0.25, -0.2) is 4.98 Å². The lowest BCUT2D eigenvalue weighted by Gasteiger charge is -2.12. The Bertz CT molecular complexity index is 1470. The van der Waals surface area contributed by atoms with Gasteiger partial charge in [0.1, 0.15) is 5.76 Å². The zero-order valence-corrected chi connectivity index (χ0v) is 20.8. The molecule has 0 radical (unpaired) electrons. The van der Waals surface area contributed by atoms with Gasteiger partial charge in [0, 0.05) is 23.7 Å². The molecule has 2 aromatic heterocycles. The fourth-order valence-corrected chi connectivity index (χ4v) is 4.48. The summed E-state index contributed by atoms with van der Waals surface area (Å²) >= 11 is 7.27. The molecule has 0 bridgehead atoms. The van der Waals surface area contributed by atoms with Crippen LogP contribution in [0.4, 0.5) is 0 Å². The van der Waals surface area contributed by atoms with Crippen LogP contribution in [0.5, 0.6) is 0 Å². The number of amides is 2. The number of fused-ring (bicyclic) bond motifs is 1. The summed E-state index contributed by atoms with van der Waals surface area (Å²) in [6.07, 6.45) is 3.12. The molecule has 0 unspecified atom stereocenters. The highest BCUT2D eigenvalue weighted by atomic mass is 35.5. The van der Waals surface area contributed by atoms with E-state index >= 15 is 0 Å². The second-order valence-electron chi connectivity index (χ2n) is 7.75. The Morgan fingerprint density at radius 2 is 1.94 bits per heavy atom. The Balaban J connectivity index is 1.51. The van der Waals surface area contributed by atoms with Crippen molar-refractivity contribution in [3.8, 4) is 0 Å². The van der Waals surface area contributed by atoms with Gasteiger partial charge in [0.2, 0.25) is 5.91 Å². The number of hydrogen-bond donors (Lipinski definition) is 2. The molecule has 0 atom stereocenters. The van der Waals surface area contributed by atoms with Crippen LogP contribution in [0.2, 0.25) is 5.02 Å². The van der Waals surface area contributed by atoms with Gasteiger partial charge in [-0.1, -0.05) is 47.6 Å². The summed E-state index contributed by atoms with van der Waals surface area (Å²) in [5.74, 6) is 0.119. The second kappa shape index (κ2) is 11.7. The van der Waals surface area contributed by atoms with Crippen molar-refractivity contribution in [2.45, 2.75) is 24.8 Å². The van der Waals surface area contributed by atoms with E-state index < -0.39 is 0 Å². The average molecular weight is 523 g/mol. The number of nitrogens with zero attached hydrogens (tertiary/aromatic N) is 2. The van der Waals surface area contributed by atoms with Gasteiger partial charge in [-0.3, -0.25) is 19.0 Å². The molecule has 2 heterocycles. The van der Waals surface area contributed by atoms with Crippen LogP contribution < -0.4 is 16.2 Å². The standard InChI is InChI=1S/C26H23ClN4O4S/c1-2-11-31-25(34)20-10-9-17(24(33)29-15-19-7-5-12-35-19)13-22(20)30-26(31)36-16-23(32)28-14-18-6-3-4-8-21(18)27/h2-10,12-13H,1,11,14-16H2,(H,28,32)(H,29,33). The minimum absolute atomic E-state index is 0.0445. The lowest BCUT2D eigenvalue weighted by Crippen LogP contribution is -2.27. The van der Waals surface area contributed by atoms with Crippen molar-refractivity contribution in [3.05, 3.63) is 106 Å². The smallest absolute Gasteiger partial charge is 0.262 e. The van der Waals surface area contributed by atoms with Crippen molar-refractivity contribution in [1.82, 2.24) is 20.2 Å². The molecule has 2 N–H and O–H groups in total. The van der Waals surface area contributed by atoms with Gasteiger partial charge >= 0.3 is 0 Å². The maximum Gasteiger partial charge on any atom is 0.262 e. The van der Waals surface area contributed by atoms with E-state index in [9.17, 15) is 14.4 Å². The summed E-state index contributed by atoms with van der Waals surface area (Å²) < 4.78 is 6.69. The molecule has 36 heavy (non-hydrogen) atoms. The molecule has 2 aromatic carbocycles. The zero-order valence-electron chi connectivity index (χ0n) is 19.2. The molecule has 184 valence electrons. The molecule has 4 aromatic rings. The molecule has 0 saturated heterocycles. The summed E-state index contributed by atoms with van der Waals surface area (Å²) in [5, 5.41) is 6.89. The number of hydrogen-bond acceptors (Lipinski definition) is 6. The minimum atomic E-state index is -0.321. The van der Waals surface area contributed by atoms with E-state index in [2.05, 4.69) is 22.2 Å². The molecule has 0 fully saturated rings. The van der Waals surface area contributed by atoms with Crippen molar-refractivity contribution in [2.75, 3.05) is 5.75 Å². The first-order chi connectivity index (χ1) is 17.5. The molecule has 4 rings (SSSR count). The highest BCUT2D eigenvalue weighted by Crippen LogP contribution is 2.20. The molecular formula is C26H23ClN4O4S. The van der Waals surface area contributed by atoms with E-state index in [1.807, 2.05) is 18.2 Å². The zero-order chi connectivity index (χ0) is 25.5.